The molecule has 5 nitrogen and oxygen atoms in total. The zero-order valence-corrected chi connectivity index (χ0v) is 16.4. The highest BCUT2D eigenvalue weighted by Crippen LogP contribution is 2.30. The van der Waals surface area contributed by atoms with E-state index in [-0.39, 0.29) is 11.8 Å². The van der Waals surface area contributed by atoms with E-state index in [4.69, 9.17) is 0 Å². The summed E-state index contributed by atoms with van der Waals surface area (Å²) in [4.78, 5) is 29.1. The molecule has 0 saturated heterocycles. The molecule has 4 rings (SSSR count). The van der Waals surface area contributed by atoms with Crippen LogP contribution in [0, 0.1) is 5.92 Å². The van der Waals surface area contributed by atoms with E-state index < -0.39 is 0 Å². The number of thiazole rings is 1. The molecular weight excluding hydrogens is 370 g/mol. The van der Waals surface area contributed by atoms with Crippen LogP contribution < -0.4 is 10.6 Å². The average molecular weight is 394 g/mol. The Hall–Kier alpha value is -2.73. The second-order valence-electron chi connectivity index (χ2n) is 7.28. The molecule has 144 valence electrons. The Morgan fingerprint density at radius 3 is 2.57 bits per heavy atom. The number of amides is 2. The largest absolute Gasteiger partial charge is 0.326 e. The van der Waals surface area contributed by atoms with E-state index in [0.717, 1.165) is 28.7 Å². The number of rotatable bonds is 5. The van der Waals surface area contributed by atoms with Crippen molar-refractivity contribution in [3.63, 3.8) is 0 Å². The van der Waals surface area contributed by atoms with Crippen molar-refractivity contribution in [3.8, 4) is 0 Å². The SMILES string of the molecule is O=C(CC1CCCCC1)Nc1ccc2nc(NC(=O)c3ccccc3)sc2c1. The fourth-order valence-electron chi connectivity index (χ4n) is 3.68. The third-order valence-corrected chi connectivity index (χ3v) is 6.06. The number of carbonyl (C=O) groups excluding carboxylic acids is 2. The molecule has 3 aromatic rings. The maximum Gasteiger partial charge on any atom is 0.257 e. The lowest BCUT2D eigenvalue weighted by Gasteiger charge is -2.20. The van der Waals surface area contributed by atoms with Crippen molar-refractivity contribution >= 4 is 44.2 Å². The standard InChI is InChI=1S/C22H23N3O2S/c26-20(13-15-7-3-1-4-8-15)23-17-11-12-18-19(14-17)28-22(24-18)25-21(27)16-9-5-2-6-10-16/h2,5-6,9-12,14-15H,1,3-4,7-8,13H2,(H,23,26)(H,24,25,27). The van der Waals surface area contributed by atoms with Crippen LogP contribution in [0.4, 0.5) is 10.8 Å². The van der Waals surface area contributed by atoms with Crippen LogP contribution in [0.25, 0.3) is 10.2 Å². The van der Waals surface area contributed by atoms with Gasteiger partial charge in [0.05, 0.1) is 10.2 Å². The van der Waals surface area contributed by atoms with Crippen molar-refractivity contribution in [3.05, 3.63) is 54.1 Å². The Balaban J connectivity index is 1.41. The fourth-order valence-corrected chi connectivity index (χ4v) is 4.58. The van der Waals surface area contributed by atoms with Crippen LogP contribution in [0.1, 0.15) is 48.9 Å². The summed E-state index contributed by atoms with van der Waals surface area (Å²) in [6.07, 6.45) is 6.68. The highest BCUT2D eigenvalue weighted by Gasteiger charge is 2.17. The monoisotopic (exact) mass is 393 g/mol. The van der Waals surface area contributed by atoms with Gasteiger partial charge >= 0.3 is 0 Å². The smallest absolute Gasteiger partial charge is 0.257 e. The molecule has 1 aliphatic rings. The lowest BCUT2D eigenvalue weighted by Crippen LogP contribution is -2.18. The van der Waals surface area contributed by atoms with Gasteiger partial charge < -0.3 is 5.32 Å². The molecule has 28 heavy (non-hydrogen) atoms. The van der Waals surface area contributed by atoms with Crippen LogP contribution in [-0.4, -0.2) is 16.8 Å². The molecular formula is C22H23N3O2S. The van der Waals surface area contributed by atoms with Gasteiger partial charge in [-0.1, -0.05) is 48.8 Å². The van der Waals surface area contributed by atoms with Gasteiger partial charge in [-0.3, -0.25) is 14.9 Å². The summed E-state index contributed by atoms with van der Waals surface area (Å²) in [5.74, 6) is 0.412. The van der Waals surface area contributed by atoms with Crippen LogP contribution in [0.2, 0.25) is 0 Å². The van der Waals surface area contributed by atoms with Crippen LogP contribution in [-0.2, 0) is 4.79 Å². The fraction of sp³-hybridized carbons (Fsp3) is 0.318. The van der Waals surface area contributed by atoms with E-state index in [0.29, 0.717) is 23.0 Å². The van der Waals surface area contributed by atoms with Crippen LogP contribution in [0.3, 0.4) is 0 Å². The highest BCUT2D eigenvalue weighted by molar-refractivity contribution is 7.22. The third kappa shape index (κ3) is 4.57. The minimum absolute atomic E-state index is 0.0772. The molecule has 0 radical (unpaired) electrons. The highest BCUT2D eigenvalue weighted by atomic mass is 32.1. The Labute approximate surface area is 168 Å². The van der Waals surface area contributed by atoms with Crippen molar-refractivity contribution in [1.29, 1.82) is 0 Å². The van der Waals surface area contributed by atoms with Gasteiger partial charge in [0, 0.05) is 17.7 Å². The van der Waals surface area contributed by atoms with Crippen molar-refractivity contribution in [2.45, 2.75) is 38.5 Å². The van der Waals surface area contributed by atoms with Gasteiger partial charge in [-0.2, -0.15) is 0 Å². The molecule has 0 atom stereocenters. The quantitative estimate of drug-likeness (QED) is 0.605. The summed E-state index contributed by atoms with van der Waals surface area (Å²) < 4.78 is 0.929. The van der Waals surface area contributed by atoms with E-state index in [1.165, 1.54) is 30.6 Å². The molecule has 0 spiro atoms. The number of benzene rings is 2. The first-order chi connectivity index (χ1) is 13.7. The van der Waals surface area contributed by atoms with Crippen molar-refractivity contribution in [1.82, 2.24) is 4.98 Å². The van der Waals surface area contributed by atoms with E-state index in [1.54, 1.807) is 12.1 Å². The Bertz CT molecular complexity index is 978. The van der Waals surface area contributed by atoms with E-state index >= 15 is 0 Å². The summed E-state index contributed by atoms with van der Waals surface area (Å²) in [5.41, 5.74) is 2.17. The molecule has 2 N–H and O–H groups in total. The van der Waals surface area contributed by atoms with Crippen molar-refractivity contribution in [2.75, 3.05) is 10.6 Å². The number of aromatic nitrogens is 1. The number of hydrogen-bond donors (Lipinski definition) is 2. The third-order valence-electron chi connectivity index (χ3n) is 5.13. The van der Waals surface area contributed by atoms with Gasteiger partial charge in [-0.05, 0) is 49.1 Å². The van der Waals surface area contributed by atoms with Crippen LogP contribution >= 0.6 is 11.3 Å². The Morgan fingerprint density at radius 2 is 1.79 bits per heavy atom. The van der Waals surface area contributed by atoms with E-state index in [2.05, 4.69) is 15.6 Å². The van der Waals surface area contributed by atoms with Gasteiger partial charge in [0.1, 0.15) is 0 Å². The Morgan fingerprint density at radius 1 is 1.00 bits per heavy atom. The molecule has 2 aromatic carbocycles. The maximum atomic E-state index is 12.3. The number of anilines is 2. The van der Waals surface area contributed by atoms with E-state index in [9.17, 15) is 9.59 Å². The molecule has 1 saturated carbocycles. The van der Waals surface area contributed by atoms with Crippen LogP contribution in [0.5, 0.6) is 0 Å². The summed E-state index contributed by atoms with van der Waals surface area (Å²) in [6.45, 7) is 0. The molecule has 0 aliphatic heterocycles. The molecule has 0 bridgehead atoms. The predicted octanol–water partition coefficient (Wildman–Crippen LogP) is 5.46. The first kappa shape index (κ1) is 18.6. The van der Waals surface area contributed by atoms with Crippen molar-refractivity contribution in [2.24, 2.45) is 5.92 Å². The summed E-state index contributed by atoms with van der Waals surface area (Å²) in [6, 6.07) is 14.7. The second kappa shape index (κ2) is 8.52. The van der Waals surface area contributed by atoms with Gasteiger partial charge in [0.25, 0.3) is 5.91 Å². The summed E-state index contributed by atoms with van der Waals surface area (Å²) in [5, 5.41) is 6.40. The lowest BCUT2D eigenvalue weighted by atomic mass is 9.87. The zero-order chi connectivity index (χ0) is 19.3. The molecule has 1 aromatic heterocycles. The molecule has 2 amide bonds. The molecule has 6 heteroatoms. The van der Waals surface area contributed by atoms with Crippen molar-refractivity contribution < 1.29 is 9.59 Å². The zero-order valence-electron chi connectivity index (χ0n) is 15.6. The minimum Gasteiger partial charge on any atom is -0.326 e. The minimum atomic E-state index is -0.180. The van der Waals surface area contributed by atoms with Crippen LogP contribution in [0.15, 0.2) is 48.5 Å². The molecule has 0 unspecified atom stereocenters. The van der Waals surface area contributed by atoms with E-state index in [1.807, 2.05) is 36.4 Å². The average Bonchev–Trinajstić information content (AvgIpc) is 3.10. The lowest BCUT2D eigenvalue weighted by molar-refractivity contribution is -0.117. The number of carbonyl (C=O) groups is 2. The number of nitrogens with one attached hydrogen (secondary N) is 2. The van der Waals surface area contributed by atoms with Gasteiger partial charge in [0.15, 0.2) is 5.13 Å². The number of fused-ring (bicyclic) bond motifs is 1. The molecule has 1 fully saturated rings. The molecule has 1 heterocycles. The van der Waals surface area contributed by atoms with Gasteiger partial charge in [0.2, 0.25) is 5.91 Å². The molecule has 1 aliphatic carbocycles. The first-order valence-electron chi connectivity index (χ1n) is 9.74. The van der Waals surface area contributed by atoms with Gasteiger partial charge in [-0.15, -0.1) is 0 Å². The number of hydrogen-bond acceptors (Lipinski definition) is 4. The summed E-state index contributed by atoms with van der Waals surface area (Å²) in [7, 11) is 0. The normalized spacial score (nSPS) is 14.7. The predicted molar refractivity (Wildman–Crippen MR) is 114 cm³/mol. The Kier molecular flexibility index (Phi) is 5.67. The number of nitrogens with zero attached hydrogens (tertiary/aromatic N) is 1. The second-order valence-corrected chi connectivity index (χ2v) is 8.31. The summed E-state index contributed by atoms with van der Waals surface area (Å²) >= 11 is 1.40. The van der Waals surface area contributed by atoms with Gasteiger partial charge in [-0.25, -0.2) is 4.98 Å². The topological polar surface area (TPSA) is 71.1 Å². The maximum absolute atomic E-state index is 12.3. The first-order valence-corrected chi connectivity index (χ1v) is 10.6.